The zero-order chi connectivity index (χ0) is 9.68. The first-order valence-corrected chi connectivity index (χ1v) is 5.35. The predicted octanol–water partition coefficient (Wildman–Crippen LogP) is 2.24. The van der Waals surface area contributed by atoms with Gasteiger partial charge < -0.3 is 4.74 Å². The smallest absolute Gasteiger partial charge is 0.350 e. The number of rotatable bonds is 2. The predicted molar refractivity (Wildman–Crippen MR) is 53.6 cm³/mol. The molecule has 1 rings (SSSR count). The van der Waals surface area contributed by atoms with Crippen LogP contribution < -0.4 is 0 Å². The number of thioether (sulfide) groups is 2. The van der Waals surface area contributed by atoms with Crippen molar-refractivity contribution in [3.8, 4) is 6.07 Å². The second-order valence-corrected chi connectivity index (χ2v) is 4.09. The standard InChI is InChI=1S/C8H7NO2S2/c1-2-11-7(10)6(5-9)8-12-3-4-13-8/h3-4H,2H2,1H3. The Balaban J connectivity index is 2.79. The number of carbonyl (C=O) groups excluding carboxylic acids is 1. The van der Waals surface area contributed by atoms with Gasteiger partial charge in [0, 0.05) is 0 Å². The molecule has 0 N–H and O–H groups in total. The van der Waals surface area contributed by atoms with Crippen molar-refractivity contribution in [3.05, 3.63) is 20.6 Å². The van der Waals surface area contributed by atoms with E-state index in [1.54, 1.807) is 6.92 Å². The molecule has 0 saturated carbocycles. The Bertz CT molecular complexity index is 305. The molecule has 13 heavy (non-hydrogen) atoms. The molecule has 1 heterocycles. The fraction of sp³-hybridized carbons (Fsp3) is 0.250. The monoisotopic (exact) mass is 213 g/mol. The zero-order valence-electron chi connectivity index (χ0n) is 6.94. The molecule has 0 unspecified atom stereocenters. The van der Waals surface area contributed by atoms with Crippen LogP contribution in [0.5, 0.6) is 0 Å². The van der Waals surface area contributed by atoms with Crippen LogP contribution in [0.3, 0.4) is 0 Å². The molecule has 0 saturated heterocycles. The molecule has 3 nitrogen and oxygen atoms in total. The number of hydrogen-bond acceptors (Lipinski definition) is 5. The summed E-state index contributed by atoms with van der Waals surface area (Å²) >= 11 is 2.74. The molecule has 0 bridgehead atoms. The van der Waals surface area contributed by atoms with Gasteiger partial charge in [-0.05, 0) is 17.7 Å². The quantitative estimate of drug-likeness (QED) is 0.400. The summed E-state index contributed by atoms with van der Waals surface area (Å²) in [4.78, 5) is 11.2. The molecule has 68 valence electrons. The van der Waals surface area contributed by atoms with Crippen molar-refractivity contribution in [1.29, 1.82) is 5.26 Å². The number of hydrogen-bond donors (Lipinski definition) is 0. The average Bonchev–Trinajstić information content (AvgIpc) is 2.59. The van der Waals surface area contributed by atoms with Crippen molar-refractivity contribution in [1.82, 2.24) is 0 Å². The van der Waals surface area contributed by atoms with Crippen molar-refractivity contribution >= 4 is 29.5 Å². The van der Waals surface area contributed by atoms with E-state index in [0.29, 0.717) is 10.8 Å². The van der Waals surface area contributed by atoms with E-state index in [1.807, 2.05) is 16.9 Å². The Labute approximate surface area is 84.8 Å². The molecule has 0 fully saturated rings. The van der Waals surface area contributed by atoms with Crippen LogP contribution in [-0.2, 0) is 9.53 Å². The van der Waals surface area contributed by atoms with Crippen LogP contribution in [0.15, 0.2) is 20.6 Å². The van der Waals surface area contributed by atoms with Gasteiger partial charge in [0.25, 0.3) is 0 Å². The second kappa shape index (κ2) is 5.00. The molecule has 5 heteroatoms. The summed E-state index contributed by atoms with van der Waals surface area (Å²) in [6.45, 7) is 2.00. The van der Waals surface area contributed by atoms with Gasteiger partial charge in [0.1, 0.15) is 6.07 Å². The summed E-state index contributed by atoms with van der Waals surface area (Å²) in [5.74, 6) is -0.538. The number of carbonyl (C=O) groups is 1. The van der Waals surface area contributed by atoms with E-state index in [2.05, 4.69) is 0 Å². The molecule has 0 aliphatic carbocycles. The lowest BCUT2D eigenvalue weighted by Gasteiger charge is -2.01. The van der Waals surface area contributed by atoms with Crippen LogP contribution in [0.1, 0.15) is 6.92 Å². The zero-order valence-corrected chi connectivity index (χ0v) is 8.58. The molecule has 1 aliphatic rings. The number of nitriles is 1. The first-order valence-electron chi connectivity index (χ1n) is 3.59. The maximum Gasteiger partial charge on any atom is 0.350 e. The summed E-state index contributed by atoms with van der Waals surface area (Å²) in [5, 5.41) is 12.4. The number of ether oxygens (including phenoxy) is 1. The highest BCUT2D eigenvalue weighted by atomic mass is 32.2. The van der Waals surface area contributed by atoms with Crippen molar-refractivity contribution in [2.75, 3.05) is 6.61 Å². The topological polar surface area (TPSA) is 50.1 Å². The molecule has 0 aromatic carbocycles. The van der Waals surface area contributed by atoms with Crippen LogP contribution in [0.4, 0.5) is 0 Å². The average molecular weight is 213 g/mol. The fourth-order valence-electron chi connectivity index (χ4n) is 0.703. The molecule has 0 aromatic heterocycles. The van der Waals surface area contributed by atoms with Gasteiger partial charge in [-0.2, -0.15) is 5.26 Å². The minimum atomic E-state index is -0.538. The van der Waals surface area contributed by atoms with Gasteiger partial charge in [0.2, 0.25) is 0 Å². The Morgan fingerprint density at radius 3 is 2.69 bits per heavy atom. The van der Waals surface area contributed by atoms with Crippen LogP contribution >= 0.6 is 23.5 Å². The minimum Gasteiger partial charge on any atom is -0.462 e. The van der Waals surface area contributed by atoms with Crippen LogP contribution in [0.25, 0.3) is 0 Å². The van der Waals surface area contributed by atoms with E-state index in [4.69, 9.17) is 10.00 Å². The Morgan fingerprint density at radius 2 is 2.23 bits per heavy atom. The number of nitrogens with zero attached hydrogens (tertiary/aromatic N) is 1. The largest absolute Gasteiger partial charge is 0.462 e. The van der Waals surface area contributed by atoms with Gasteiger partial charge in [0.05, 0.1) is 10.8 Å². The van der Waals surface area contributed by atoms with Crippen molar-refractivity contribution in [2.24, 2.45) is 0 Å². The normalized spacial score (nSPS) is 14.0. The summed E-state index contributed by atoms with van der Waals surface area (Å²) < 4.78 is 5.43. The second-order valence-electron chi connectivity index (χ2n) is 2.00. The maximum absolute atomic E-state index is 11.2. The lowest BCUT2D eigenvalue weighted by atomic mass is 10.3. The van der Waals surface area contributed by atoms with Crippen LogP contribution in [0.2, 0.25) is 0 Å². The first kappa shape index (κ1) is 10.2. The third kappa shape index (κ3) is 2.54. The van der Waals surface area contributed by atoms with E-state index in [0.717, 1.165) is 0 Å². The van der Waals surface area contributed by atoms with Gasteiger partial charge in [-0.25, -0.2) is 4.79 Å². The molecule has 0 aromatic rings. The first-order chi connectivity index (χ1) is 6.29. The molecular weight excluding hydrogens is 206 g/mol. The molecule has 1 aliphatic heterocycles. The SMILES string of the molecule is CCOC(=O)C(C#N)=C1SC=CS1. The van der Waals surface area contributed by atoms with Crippen molar-refractivity contribution < 1.29 is 9.53 Å². The van der Waals surface area contributed by atoms with E-state index >= 15 is 0 Å². The van der Waals surface area contributed by atoms with Gasteiger partial charge in [-0.3, -0.25) is 0 Å². The molecule has 0 spiro atoms. The maximum atomic E-state index is 11.2. The summed E-state index contributed by atoms with van der Waals surface area (Å²) in [6, 6.07) is 1.85. The van der Waals surface area contributed by atoms with Crippen molar-refractivity contribution in [3.63, 3.8) is 0 Å². The van der Waals surface area contributed by atoms with E-state index in [1.165, 1.54) is 23.5 Å². The van der Waals surface area contributed by atoms with Crippen LogP contribution in [0, 0.1) is 11.3 Å². The highest BCUT2D eigenvalue weighted by Crippen LogP contribution is 2.39. The van der Waals surface area contributed by atoms with Crippen LogP contribution in [-0.4, -0.2) is 12.6 Å². The van der Waals surface area contributed by atoms with Gasteiger partial charge >= 0.3 is 5.97 Å². The molecular formula is C8H7NO2S2. The highest BCUT2D eigenvalue weighted by molar-refractivity contribution is 8.27. The summed E-state index contributed by atoms with van der Waals surface area (Å²) in [6.07, 6.45) is 0. The molecule has 0 amide bonds. The van der Waals surface area contributed by atoms with E-state index < -0.39 is 5.97 Å². The lowest BCUT2D eigenvalue weighted by Crippen LogP contribution is -2.06. The summed E-state index contributed by atoms with van der Waals surface area (Å²) in [7, 11) is 0. The van der Waals surface area contributed by atoms with Gasteiger partial charge in [-0.15, -0.1) is 0 Å². The van der Waals surface area contributed by atoms with Crippen molar-refractivity contribution in [2.45, 2.75) is 6.92 Å². The molecule has 0 atom stereocenters. The Morgan fingerprint density at radius 1 is 1.62 bits per heavy atom. The minimum absolute atomic E-state index is 0.0989. The van der Waals surface area contributed by atoms with Gasteiger partial charge in [-0.1, -0.05) is 23.5 Å². The third-order valence-electron chi connectivity index (χ3n) is 1.20. The Kier molecular flexibility index (Phi) is 3.93. The molecule has 0 radical (unpaired) electrons. The van der Waals surface area contributed by atoms with Gasteiger partial charge in [0.15, 0.2) is 5.57 Å². The fourth-order valence-corrected chi connectivity index (χ4v) is 2.44. The summed E-state index contributed by atoms with van der Waals surface area (Å²) in [5.41, 5.74) is 0.0989. The van der Waals surface area contributed by atoms with E-state index in [-0.39, 0.29) is 5.57 Å². The highest BCUT2D eigenvalue weighted by Gasteiger charge is 2.18. The van der Waals surface area contributed by atoms with E-state index in [9.17, 15) is 4.79 Å². The number of esters is 1. The Hall–Kier alpha value is -0.860. The third-order valence-corrected chi connectivity index (χ3v) is 3.33. The lowest BCUT2D eigenvalue weighted by molar-refractivity contribution is -0.138.